The van der Waals surface area contributed by atoms with Gasteiger partial charge >= 0.3 is 5.97 Å². The van der Waals surface area contributed by atoms with E-state index >= 15 is 0 Å². The summed E-state index contributed by atoms with van der Waals surface area (Å²) in [6, 6.07) is 0. The van der Waals surface area contributed by atoms with Crippen molar-refractivity contribution in [2.24, 2.45) is 5.41 Å². The van der Waals surface area contributed by atoms with Crippen LogP contribution < -0.4 is 0 Å². The summed E-state index contributed by atoms with van der Waals surface area (Å²) in [5, 5.41) is 1.11. The van der Waals surface area contributed by atoms with E-state index in [4.69, 9.17) is 4.74 Å². The molecule has 0 amide bonds. The van der Waals surface area contributed by atoms with Crippen molar-refractivity contribution in [3.63, 3.8) is 0 Å². The van der Waals surface area contributed by atoms with Crippen molar-refractivity contribution >= 4 is 21.9 Å². The monoisotopic (exact) mass is 318 g/mol. The van der Waals surface area contributed by atoms with E-state index in [1.165, 1.54) is 32.1 Å². The maximum absolute atomic E-state index is 12.1. The highest BCUT2D eigenvalue weighted by molar-refractivity contribution is 9.09. The van der Waals surface area contributed by atoms with Crippen molar-refractivity contribution in [2.75, 3.05) is 5.33 Å². The Bertz CT molecular complexity index is 264. The molecule has 0 aromatic carbocycles. The summed E-state index contributed by atoms with van der Waals surface area (Å²) in [5.74, 6) is 0.0375. The summed E-state index contributed by atoms with van der Waals surface area (Å²) in [6.07, 6.45) is 9.35. The van der Waals surface area contributed by atoms with E-state index in [2.05, 4.69) is 15.9 Å². The Morgan fingerprint density at radius 1 is 1.11 bits per heavy atom. The van der Waals surface area contributed by atoms with Crippen LogP contribution in [0.1, 0.15) is 72.1 Å². The van der Waals surface area contributed by atoms with E-state index < -0.39 is 0 Å². The predicted molar refractivity (Wildman–Crippen MR) is 79.0 cm³/mol. The van der Waals surface area contributed by atoms with Crippen LogP contribution in [0.15, 0.2) is 0 Å². The van der Waals surface area contributed by atoms with E-state index in [1.807, 2.05) is 20.8 Å². The number of carbonyl (C=O) groups excluding carboxylic acids is 1. The highest BCUT2D eigenvalue weighted by atomic mass is 79.9. The summed E-state index contributed by atoms with van der Waals surface area (Å²) in [6.45, 7) is 5.84. The van der Waals surface area contributed by atoms with Crippen LogP contribution in [0.2, 0.25) is 0 Å². The number of rotatable bonds is 8. The fraction of sp³-hybridized carbons (Fsp3) is 0.933. The molecule has 0 radical (unpaired) electrons. The molecular weight excluding hydrogens is 292 g/mol. The van der Waals surface area contributed by atoms with Gasteiger partial charge in [-0.25, -0.2) is 0 Å². The number of halogens is 1. The lowest BCUT2D eigenvalue weighted by atomic mass is 9.97. The van der Waals surface area contributed by atoms with Gasteiger partial charge < -0.3 is 4.74 Å². The first-order chi connectivity index (χ1) is 8.40. The number of esters is 1. The lowest BCUT2D eigenvalue weighted by Gasteiger charge is -2.23. The third-order valence-corrected chi connectivity index (χ3v) is 4.04. The molecule has 0 aliphatic heterocycles. The van der Waals surface area contributed by atoms with Crippen molar-refractivity contribution in [3.05, 3.63) is 0 Å². The maximum atomic E-state index is 12.1. The van der Waals surface area contributed by atoms with Gasteiger partial charge in [-0.3, -0.25) is 4.79 Å². The van der Waals surface area contributed by atoms with Crippen molar-refractivity contribution in [1.29, 1.82) is 0 Å². The highest BCUT2D eigenvalue weighted by Crippen LogP contribution is 2.51. The molecule has 2 nitrogen and oxygen atoms in total. The summed E-state index contributed by atoms with van der Waals surface area (Å²) in [7, 11) is 0. The van der Waals surface area contributed by atoms with E-state index in [9.17, 15) is 4.79 Å². The van der Waals surface area contributed by atoms with Gasteiger partial charge in [0.15, 0.2) is 0 Å². The average Bonchev–Trinajstić information content (AvgIpc) is 3.02. The van der Waals surface area contributed by atoms with E-state index in [-0.39, 0.29) is 17.0 Å². The van der Waals surface area contributed by atoms with Crippen molar-refractivity contribution in [2.45, 2.75) is 77.7 Å². The second-order valence-electron chi connectivity index (χ2n) is 6.49. The third kappa shape index (κ3) is 5.73. The first kappa shape index (κ1) is 16.0. The van der Waals surface area contributed by atoms with Crippen molar-refractivity contribution in [1.82, 2.24) is 0 Å². The Labute approximate surface area is 120 Å². The topological polar surface area (TPSA) is 26.3 Å². The van der Waals surface area contributed by atoms with Gasteiger partial charge in [-0.15, -0.1) is 0 Å². The normalized spacial score (nSPS) is 17.6. The summed E-state index contributed by atoms with van der Waals surface area (Å²) >= 11 is 3.45. The van der Waals surface area contributed by atoms with Crippen LogP contribution in [0.5, 0.6) is 0 Å². The zero-order valence-electron chi connectivity index (χ0n) is 12.1. The van der Waals surface area contributed by atoms with Gasteiger partial charge in [-0.1, -0.05) is 41.6 Å². The zero-order chi connectivity index (χ0) is 13.6. The van der Waals surface area contributed by atoms with Crippen LogP contribution in [0.25, 0.3) is 0 Å². The second kappa shape index (κ2) is 6.93. The maximum Gasteiger partial charge on any atom is 0.312 e. The number of hydrogen-bond donors (Lipinski definition) is 0. The van der Waals surface area contributed by atoms with Crippen LogP contribution in [-0.2, 0) is 9.53 Å². The van der Waals surface area contributed by atoms with Crippen LogP contribution in [-0.4, -0.2) is 16.9 Å². The van der Waals surface area contributed by atoms with E-state index in [1.54, 1.807) is 0 Å². The van der Waals surface area contributed by atoms with E-state index in [0.29, 0.717) is 0 Å². The largest absolute Gasteiger partial charge is 0.460 e. The van der Waals surface area contributed by atoms with Gasteiger partial charge in [0, 0.05) is 5.33 Å². The minimum absolute atomic E-state index is 0.0375. The fourth-order valence-electron chi connectivity index (χ4n) is 2.18. The second-order valence-corrected chi connectivity index (χ2v) is 7.28. The first-order valence-electron chi connectivity index (χ1n) is 7.19. The van der Waals surface area contributed by atoms with Gasteiger partial charge in [0.25, 0.3) is 0 Å². The summed E-state index contributed by atoms with van der Waals surface area (Å²) < 4.78 is 5.52. The molecule has 0 bridgehead atoms. The van der Waals surface area contributed by atoms with Crippen LogP contribution in [0.4, 0.5) is 0 Å². The Hall–Kier alpha value is -0.0500. The van der Waals surface area contributed by atoms with Crippen LogP contribution in [0, 0.1) is 5.41 Å². The van der Waals surface area contributed by atoms with Gasteiger partial charge in [0.05, 0.1) is 5.41 Å². The molecule has 0 atom stereocenters. The average molecular weight is 319 g/mol. The minimum Gasteiger partial charge on any atom is -0.460 e. The zero-order valence-corrected chi connectivity index (χ0v) is 13.6. The Kier molecular flexibility index (Phi) is 6.16. The standard InChI is InChI=1S/C15H27BrO2/c1-14(2,3)18-13(17)15(10-11-15)9-7-5-4-6-8-12-16/h4-12H2,1-3H3. The molecular formula is C15H27BrO2. The molecule has 0 N–H and O–H groups in total. The van der Waals surface area contributed by atoms with Gasteiger partial charge in [-0.2, -0.15) is 0 Å². The number of unbranched alkanes of at least 4 members (excludes halogenated alkanes) is 4. The molecule has 1 saturated carbocycles. The minimum atomic E-state index is -0.345. The molecule has 0 saturated heterocycles. The molecule has 1 fully saturated rings. The van der Waals surface area contributed by atoms with Gasteiger partial charge in [0.2, 0.25) is 0 Å². The fourth-order valence-corrected chi connectivity index (χ4v) is 2.58. The highest BCUT2D eigenvalue weighted by Gasteiger charge is 2.51. The van der Waals surface area contributed by atoms with Crippen LogP contribution >= 0.6 is 15.9 Å². The predicted octanol–water partition coefficient (Wildman–Crippen LogP) is 4.84. The van der Waals surface area contributed by atoms with Gasteiger partial charge in [0.1, 0.15) is 5.60 Å². The third-order valence-electron chi connectivity index (χ3n) is 3.47. The summed E-state index contributed by atoms with van der Waals surface area (Å²) in [4.78, 5) is 12.1. The van der Waals surface area contributed by atoms with Crippen molar-refractivity contribution in [3.8, 4) is 0 Å². The van der Waals surface area contributed by atoms with Crippen LogP contribution in [0.3, 0.4) is 0 Å². The smallest absolute Gasteiger partial charge is 0.312 e. The number of ether oxygens (including phenoxy) is 1. The molecule has 0 aromatic heterocycles. The van der Waals surface area contributed by atoms with Crippen molar-refractivity contribution < 1.29 is 9.53 Å². The Morgan fingerprint density at radius 2 is 1.67 bits per heavy atom. The molecule has 1 aliphatic rings. The Morgan fingerprint density at radius 3 is 2.17 bits per heavy atom. The Balaban J connectivity index is 2.18. The molecule has 1 aliphatic carbocycles. The lowest BCUT2D eigenvalue weighted by Crippen LogP contribution is -2.29. The molecule has 0 unspecified atom stereocenters. The molecule has 1 rings (SSSR count). The molecule has 18 heavy (non-hydrogen) atoms. The molecule has 0 heterocycles. The number of alkyl halides is 1. The van der Waals surface area contributed by atoms with E-state index in [0.717, 1.165) is 24.6 Å². The quantitative estimate of drug-likeness (QED) is 0.363. The lowest BCUT2D eigenvalue weighted by molar-refractivity contribution is -0.162. The number of carbonyl (C=O) groups is 1. The molecule has 106 valence electrons. The SMILES string of the molecule is CC(C)(C)OC(=O)C1(CCCCCCCBr)CC1. The van der Waals surface area contributed by atoms with Gasteiger partial charge in [-0.05, 0) is 46.5 Å². The number of hydrogen-bond acceptors (Lipinski definition) is 2. The molecule has 3 heteroatoms. The first-order valence-corrected chi connectivity index (χ1v) is 8.31. The molecule has 0 spiro atoms. The summed E-state index contributed by atoms with van der Waals surface area (Å²) in [5.41, 5.74) is -0.453. The molecule has 0 aromatic rings.